The van der Waals surface area contributed by atoms with Gasteiger partial charge < -0.3 is 0 Å². The molecule has 0 saturated heterocycles. The summed E-state index contributed by atoms with van der Waals surface area (Å²) in [6, 6.07) is 11.6. The third kappa shape index (κ3) is 1.63. The van der Waals surface area contributed by atoms with Gasteiger partial charge in [0.1, 0.15) is 0 Å². The molecule has 0 saturated carbocycles. The maximum atomic E-state index is 2.41. The number of rotatable bonds is 0. The van der Waals surface area contributed by atoms with Gasteiger partial charge in [-0.1, -0.05) is 42.8 Å². The van der Waals surface area contributed by atoms with E-state index in [4.69, 9.17) is 0 Å². The van der Waals surface area contributed by atoms with E-state index in [-0.39, 0.29) is 0 Å². The highest BCUT2D eigenvalue weighted by atomic mass is 14.2. The number of hydrogen-bond acceptors (Lipinski definition) is 0. The molecule has 1 aliphatic carbocycles. The molecule has 0 N–H and O–H groups in total. The van der Waals surface area contributed by atoms with Gasteiger partial charge in [-0.05, 0) is 54.0 Å². The zero-order valence-electron chi connectivity index (χ0n) is 10.1. The first-order valence-electron chi connectivity index (χ1n) is 6.24. The average Bonchev–Trinajstić information content (AvgIpc) is 2.26. The summed E-state index contributed by atoms with van der Waals surface area (Å²) in [5, 5.41) is 2.81. The Bertz CT molecular complexity index is 537. The number of aryl methyl sites for hydroxylation is 2. The molecule has 1 aliphatic rings. The van der Waals surface area contributed by atoms with Crippen molar-refractivity contribution in [3.63, 3.8) is 0 Å². The molecule has 0 nitrogen and oxygen atoms in total. The van der Waals surface area contributed by atoms with Crippen LogP contribution in [0.25, 0.3) is 10.8 Å². The van der Waals surface area contributed by atoms with Crippen LogP contribution in [0.15, 0.2) is 30.3 Å². The van der Waals surface area contributed by atoms with Crippen molar-refractivity contribution in [2.24, 2.45) is 5.92 Å². The highest BCUT2D eigenvalue weighted by molar-refractivity contribution is 5.85. The average molecular weight is 210 g/mol. The van der Waals surface area contributed by atoms with Crippen LogP contribution in [0, 0.1) is 12.8 Å². The minimum absolute atomic E-state index is 0.857. The van der Waals surface area contributed by atoms with E-state index in [2.05, 4.69) is 44.2 Å². The van der Waals surface area contributed by atoms with E-state index in [0.29, 0.717) is 0 Å². The van der Waals surface area contributed by atoms with E-state index < -0.39 is 0 Å². The van der Waals surface area contributed by atoms with Gasteiger partial charge in [0.25, 0.3) is 0 Å². The molecule has 1 unspecified atom stereocenters. The lowest BCUT2D eigenvalue weighted by molar-refractivity contribution is 0.502. The Hall–Kier alpha value is -1.30. The summed E-state index contributed by atoms with van der Waals surface area (Å²) in [7, 11) is 0. The van der Waals surface area contributed by atoms with Gasteiger partial charge in [0.15, 0.2) is 0 Å². The van der Waals surface area contributed by atoms with Crippen LogP contribution < -0.4 is 0 Å². The molecule has 1 atom stereocenters. The lowest BCUT2D eigenvalue weighted by atomic mass is 9.83. The molecule has 2 aromatic rings. The second kappa shape index (κ2) is 3.62. The fourth-order valence-electron chi connectivity index (χ4n) is 2.81. The number of benzene rings is 2. The van der Waals surface area contributed by atoms with Crippen LogP contribution in [-0.4, -0.2) is 0 Å². The molecule has 0 fully saturated rings. The van der Waals surface area contributed by atoms with Gasteiger partial charge in [-0.25, -0.2) is 0 Å². The van der Waals surface area contributed by atoms with Gasteiger partial charge in [-0.15, -0.1) is 0 Å². The molecular formula is C16H18. The first-order valence-corrected chi connectivity index (χ1v) is 6.24. The van der Waals surface area contributed by atoms with E-state index in [1.165, 1.54) is 35.6 Å². The van der Waals surface area contributed by atoms with E-state index >= 15 is 0 Å². The second-order valence-electron chi connectivity index (χ2n) is 5.32. The summed E-state index contributed by atoms with van der Waals surface area (Å²) in [5.74, 6) is 0.857. The highest BCUT2D eigenvalue weighted by Gasteiger charge is 2.15. The van der Waals surface area contributed by atoms with Gasteiger partial charge in [0, 0.05) is 0 Å². The van der Waals surface area contributed by atoms with E-state index in [0.717, 1.165) is 5.92 Å². The van der Waals surface area contributed by atoms with Crippen molar-refractivity contribution in [3.05, 3.63) is 47.0 Å². The summed E-state index contributed by atoms with van der Waals surface area (Å²) in [4.78, 5) is 0. The first-order chi connectivity index (χ1) is 7.72. The Balaban J connectivity index is 2.19. The van der Waals surface area contributed by atoms with E-state index in [1.54, 1.807) is 11.1 Å². The predicted molar refractivity (Wildman–Crippen MR) is 69.9 cm³/mol. The molecule has 82 valence electrons. The molecule has 0 spiro atoms. The van der Waals surface area contributed by atoms with Gasteiger partial charge in [-0.2, -0.15) is 0 Å². The fourth-order valence-corrected chi connectivity index (χ4v) is 2.81. The second-order valence-corrected chi connectivity index (χ2v) is 5.32. The Morgan fingerprint density at radius 2 is 1.81 bits per heavy atom. The molecule has 0 aromatic heterocycles. The van der Waals surface area contributed by atoms with E-state index in [9.17, 15) is 0 Å². The van der Waals surface area contributed by atoms with Crippen molar-refractivity contribution in [3.8, 4) is 0 Å². The van der Waals surface area contributed by atoms with Gasteiger partial charge >= 0.3 is 0 Å². The maximum absolute atomic E-state index is 2.41. The lowest BCUT2D eigenvalue weighted by Gasteiger charge is -2.22. The van der Waals surface area contributed by atoms with Gasteiger partial charge in [0.05, 0.1) is 0 Å². The Labute approximate surface area is 97.3 Å². The SMILES string of the molecule is Cc1ccc2cc3c(cc2c1)CCC(C)C3. The third-order valence-electron chi connectivity index (χ3n) is 3.79. The largest absolute Gasteiger partial charge is 0.0622 e. The molecule has 2 aromatic carbocycles. The van der Waals surface area contributed by atoms with E-state index in [1.807, 2.05) is 0 Å². The minimum atomic E-state index is 0.857. The van der Waals surface area contributed by atoms with Crippen molar-refractivity contribution in [1.82, 2.24) is 0 Å². The lowest BCUT2D eigenvalue weighted by Crippen LogP contribution is -2.10. The van der Waals surface area contributed by atoms with Crippen LogP contribution >= 0.6 is 0 Å². The predicted octanol–water partition coefficient (Wildman–Crippen LogP) is 4.27. The molecule has 0 heteroatoms. The molecular weight excluding hydrogens is 192 g/mol. The summed E-state index contributed by atoms with van der Waals surface area (Å²) >= 11 is 0. The number of hydrogen-bond donors (Lipinski definition) is 0. The Kier molecular flexibility index (Phi) is 2.24. The standard InChI is InChI=1S/C16H18/c1-11-3-5-13-10-16-8-12(2)4-6-14(16)9-15(13)7-11/h3,5,7,9-10,12H,4,6,8H2,1-2H3. The van der Waals surface area contributed by atoms with Crippen LogP contribution in [0.1, 0.15) is 30.0 Å². The van der Waals surface area contributed by atoms with Crippen molar-refractivity contribution >= 4 is 10.8 Å². The van der Waals surface area contributed by atoms with Crippen LogP contribution in [0.4, 0.5) is 0 Å². The van der Waals surface area contributed by atoms with Crippen LogP contribution in [0.3, 0.4) is 0 Å². The Morgan fingerprint density at radius 1 is 1.00 bits per heavy atom. The highest BCUT2D eigenvalue weighted by Crippen LogP contribution is 2.29. The number of fused-ring (bicyclic) bond motifs is 2. The monoisotopic (exact) mass is 210 g/mol. The summed E-state index contributed by atoms with van der Waals surface area (Å²) < 4.78 is 0. The van der Waals surface area contributed by atoms with Crippen LogP contribution in [-0.2, 0) is 12.8 Å². The fraction of sp³-hybridized carbons (Fsp3) is 0.375. The van der Waals surface area contributed by atoms with Crippen molar-refractivity contribution < 1.29 is 0 Å². The minimum Gasteiger partial charge on any atom is -0.0622 e. The molecule has 0 amide bonds. The molecule has 16 heavy (non-hydrogen) atoms. The summed E-state index contributed by atoms with van der Waals surface area (Å²) in [5.41, 5.74) is 4.52. The van der Waals surface area contributed by atoms with Crippen molar-refractivity contribution in [2.45, 2.75) is 33.1 Å². The van der Waals surface area contributed by atoms with Crippen molar-refractivity contribution in [1.29, 1.82) is 0 Å². The molecule has 3 rings (SSSR count). The topological polar surface area (TPSA) is 0 Å². The van der Waals surface area contributed by atoms with Crippen LogP contribution in [0.5, 0.6) is 0 Å². The Morgan fingerprint density at radius 3 is 2.69 bits per heavy atom. The van der Waals surface area contributed by atoms with Crippen molar-refractivity contribution in [2.75, 3.05) is 0 Å². The third-order valence-corrected chi connectivity index (χ3v) is 3.79. The molecule has 0 bridgehead atoms. The normalized spacial score (nSPS) is 19.8. The van der Waals surface area contributed by atoms with Crippen LogP contribution in [0.2, 0.25) is 0 Å². The van der Waals surface area contributed by atoms with Gasteiger partial charge in [-0.3, -0.25) is 0 Å². The maximum Gasteiger partial charge on any atom is -0.0178 e. The zero-order valence-corrected chi connectivity index (χ0v) is 10.1. The first kappa shape index (κ1) is 9.89. The molecule has 0 aliphatic heterocycles. The summed E-state index contributed by atoms with van der Waals surface area (Å²) in [6.45, 7) is 4.53. The van der Waals surface area contributed by atoms with Gasteiger partial charge in [0.2, 0.25) is 0 Å². The molecule has 0 heterocycles. The quantitative estimate of drug-likeness (QED) is 0.609. The summed E-state index contributed by atoms with van der Waals surface area (Å²) in [6.07, 6.45) is 3.88. The smallest absolute Gasteiger partial charge is 0.0178 e. The molecule has 0 radical (unpaired) electrons. The zero-order chi connectivity index (χ0) is 11.1.